The number of alkyl halides is 6. The molecule has 0 aliphatic carbocycles. The maximum Gasteiger partial charge on any atom is 0.389 e. The normalized spacial score (nSPS) is 16.9. The van der Waals surface area contributed by atoms with Crippen LogP contribution in [-0.2, 0) is 19.1 Å². The Morgan fingerprint density at radius 3 is 2.29 bits per heavy atom. The first-order chi connectivity index (χ1) is 21.1. The Hall–Kier alpha value is -4.14. The lowest BCUT2D eigenvalue weighted by Crippen LogP contribution is -2.52. The number of nitrogens with two attached hydrogens (primary N) is 1. The molecule has 9 nitrogen and oxygen atoms in total. The Balaban J connectivity index is 0.000000838. The van der Waals surface area contributed by atoms with Crippen LogP contribution in [0.4, 0.5) is 37.7 Å². The maximum atomic E-state index is 13.8. The van der Waals surface area contributed by atoms with Crippen LogP contribution in [0.3, 0.4) is 0 Å². The second-order valence-electron chi connectivity index (χ2n) is 10.4. The van der Waals surface area contributed by atoms with E-state index in [4.69, 9.17) is 10.5 Å². The van der Waals surface area contributed by atoms with Crippen molar-refractivity contribution < 1.29 is 45.5 Å². The van der Waals surface area contributed by atoms with Crippen molar-refractivity contribution in [3.05, 3.63) is 59.7 Å². The fourth-order valence-corrected chi connectivity index (χ4v) is 4.85. The summed E-state index contributed by atoms with van der Waals surface area (Å²) in [6.45, 7) is 2.97. The largest absolute Gasteiger partial charge is 0.389 e. The number of benzene rings is 2. The Bertz CT molecular complexity index is 1370. The number of amides is 3. The topological polar surface area (TPSA) is 117 Å². The van der Waals surface area contributed by atoms with Gasteiger partial charge in [0.25, 0.3) is 5.91 Å². The Morgan fingerprint density at radius 2 is 1.71 bits per heavy atom. The molecule has 0 saturated carbocycles. The van der Waals surface area contributed by atoms with Crippen LogP contribution in [0.25, 0.3) is 0 Å². The first kappa shape index (κ1) is 35.3. The number of hydrogen-bond acceptors (Lipinski definition) is 6. The fourth-order valence-electron chi connectivity index (χ4n) is 4.85. The van der Waals surface area contributed by atoms with E-state index < -0.39 is 67.8 Å². The third kappa shape index (κ3) is 9.93. The molecule has 45 heavy (non-hydrogen) atoms. The summed E-state index contributed by atoms with van der Waals surface area (Å²) in [5.74, 6) is -3.69. The summed E-state index contributed by atoms with van der Waals surface area (Å²) in [5, 5.41) is 2.51. The molecular formula is C30H35F6N5O4. The van der Waals surface area contributed by atoms with Gasteiger partial charge in [0, 0.05) is 63.1 Å². The van der Waals surface area contributed by atoms with Gasteiger partial charge < -0.3 is 25.6 Å². The van der Waals surface area contributed by atoms with Crippen molar-refractivity contribution in [2.24, 2.45) is 16.6 Å². The number of nitrogens with one attached hydrogen (secondary N) is 1. The zero-order chi connectivity index (χ0) is 33.4. The number of carbonyl (C=O) groups excluding carboxylic acids is 3. The van der Waals surface area contributed by atoms with Gasteiger partial charge in [0.1, 0.15) is 0 Å². The molecule has 0 saturated heterocycles. The monoisotopic (exact) mass is 643 g/mol. The first-order valence-electron chi connectivity index (χ1n) is 14.2. The van der Waals surface area contributed by atoms with E-state index in [1.165, 1.54) is 0 Å². The van der Waals surface area contributed by atoms with Gasteiger partial charge in [-0.05, 0) is 12.5 Å². The lowest BCUT2D eigenvalue weighted by molar-refractivity contribution is -0.143. The van der Waals surface area contributed by atoms with Crippen LogP contribution < -0.4 is 20.9 Å². The lowest BCUT2D eigenvalue weighted by atomic mass is 9.97. The molecule has 2 aliphatic heterocycles. The summed E-state index contributed by atoms with van der Waals surface area (Å²) in [6.07, 6.45) is -13.1. The number of hydrogen-bond donors (Lipinski definition) is 2. The molecule has 246 valence electrons. The van der Waals surface area contributed by atoms with Gasteiger partial charge in [-0.3, -0.25) is 14.4 Å². The van der Waals surface area contributed by atoms with Gasteiger partial charge >= 0.3 is 12.4 Å². The molecule has 0 spiro atoms. The molecule has 3 amide bonds. The Kier molecular flexibility index (Phi) is 12.0. The van der Waals surface area contributed by atoms with E-state index in [0.29, 0.717) is 48.8 Å². The van der Waals surface area contributed by atoms with Gasteiger partial charge in [-0.2, -0.15) is 26.3 Å². The molecule has 4 rings (SSSR count). The van der Waals surface area contributed by atoms with E-state index in [2.05, 4.69) is 15.2 Å². The third-order valence-corrected chi connectivity index (χ3v) is 7.12. The predicted octanol–water partition coefficient (Wildman–Crippen LogP) is 4.57. The predicted molar refractivity (Wildman–Crippen MR) is 156 cm³/mol. The number of aliphatic imine (C=N–C) groups is 1. The number of carbonyl (C=O) groups is 3. The van der Waals surface area contributed by atoms with Crippen molar-refractivity contribution in [3.8, 4) is 0 Å². The molecule has 2 aliphatic rings. The van der Waals surface area contributed by atoms with E-state index in [9.17, 15) is 40.7 Å². The van der Waals surface area contributed by atoms with Crippen LogP contribution in [0.5, 0.6) is 0 Å². The molecule has 0 radical (unpaired) electrons. The van der Waals surface area contributed by atoms with Crippen LogP contribution in [0.15, 0.2) is 53.5 Å². The standard InChI is InChI=1S/C27H30F3N5O4.C3H5F3/c1-39-15-14-34-12-13-35-23-19(8-5-9-20(23)34)22(17-6-3-2-4-7-17)32-24(26(35)38)33-25(37)18(16-21(31)36)10-11-27(28,29)30;1-2-3(4,5)6/h2-9,18,24H,10-16H2,1H3,(H2,31,36)(H,33,37);2H2,1H3. The fraction of sp³-hybridized carbons (Fsp3) is 0.467. The minimum Gasteiger partial charge on any atom is -0.383 e. The van der Waals surface area contributed by atoms with Crippen molar-refractivity contribution >= 4 is 34.8 Å². The van der Waals surface area contributed by atoms with Crippen molar-refractivity contribution in [1.82, 2.24) is 5.32 Å². The van der Waals surface area contributed by atoms with E-state index in [1.54, 1.807) is 12.0 Å². The van der Waals surface area contributed by atoms with Crippen LogP contribution >= 0.6 is 0 Å². The summed E-state index contributed by atoms with van der Waals surface area (Å²) < 4.78 is 76.3. The van der Waals surface area contributed by atoms with E-state index in [-0.39, 0.29) is 0 Å². The highest BCUT2D eigenvalue weighted by atomic mass is 19.4. The molecule has 2 atom stereocenters. The number of primary amides is 1. The summed E-state index contributed by atoms with van der Waals surface area (Å²) in [5.41, 5.74) is 8.47. The molecule has 3 N–H and O–H groups in total. The zero-order valence-corrected chi connectivity index (χ0v) is 24.8. The highest BCUT2D eigenvalue weighted by molar-refractivity contribution is 6.22. The van der Waals surface area contributed by atoms with Crippen LogP contribution in [-0.4, -0.2) is 75.3 Å². The molecule has 2 heterocycles. The molecule has 2 aromatic rings. The average molecular weight is 644 g/mol. The van der Waals surface area contributed by atoms with Crippen LogP contribution in [0.1, 0.15) is 43.7 Å². The summed E-state index contributed by atoms with van der Waals surface area (Å²) >= 11 is 0. The molecule has 2 aromatic carbocycles. The Morgan fingerprint density at radius 1 is 1.04 bits per heavy atom. The van der Waals surface area contributed by atoms with Crippen LogP contribution in [0, 0.1) is 5.92 Å². The highest BCUT2D eigenvalue weighted by Gasteiger charge is 2.39. The molecule has 0 fully saturated rings. The summed E-state index contributed by atoms with van der Waals surface area (Å²) in [4.78, 5) is 46.8. The van der Waals surface area contributed by atoms with Gasteiger partial charge in [-0.25, -0.2) is 4.99 Å². The second kappa shape index (κ2) is 15.2. The Labute approximate surface area is 256 Å². The SMILES string of the molecule is CCC(F)(F)F.COCCN1CCN2C(=O)C(NC(=O)C(CCC(F)(F)F)CC(N)=O)N=C(c3ccccc3)c3cccc1c32. The molecule has 2 unspecified atom stereocenters. The molecule has 0 bridgehead atoms. The number of halogens is 6. The minimum atomic E-state index is -4.52. The zero-order valence-electron chi connectivity index (χ0n) is 24.8. The van der Waals surface area contributed by atoms with E-state index in [1.807, 2.05) is 48.5 Å². The van der Waals surface area contributed by atoms with Crippen molar-refractivity contribution in [3.63, 3.8) is 0 Å². The van der Waals surface area contributed by atoms with Crippen molar-refractivity contribution in [2.45, 2.75) is 51.1 Å². The number of anilines is 2. The van der Waals surface area contributed by atoms with E-state index in [0.717, 1.165) is 12.6 Å². The lowest BCUT2D eigenvalue weighted by Gasteiger charge is -2.38. The quantitative estimate of drug-likeness (QED) is 0.368. The van der Waals surface area contributed by atoms with Gasteiger partial charge in [-0.1, -0.05) is 49.4 Å². The van der Waals surface area contributed by atoms with Gasteiger partial charge in [0.15, 0.2) is 0 Å². The van der Waals surface area contributed by atoms with Crippen molar-refractivity contribution in [2.75, 3.05) is 43.2 Å². The second-order valence-corrected chi connectivity index (χ2v) is 10.4. The van der Waals surface area contributed by atoms with Crippen molar-refractivity contribution in [1.29, 1.82) is 0 Å². The number of para-hydroxylation sites is 1. The van der Waals surface area contributed by atoms with Gasteiger partial charge in [0.2, 0.25) is 18.0 Å². The average Bonchev–Trinajstić information content (AvgIpc) is 3.10. The van der Waals surface area contributed by atoms with Crippen LogP contribution in [0.2, 0.25) is 0 Å². The molecule has 0 aromatic heterocycles. The van der Waals surface area contributed by atoms with Gasteiger partial charge in [0.05, 0.1) is 23.7 Å². The molecular weight excluding hydrogens is 608 g/mol. The first-order valence-corrected chi connectivity index (χ1v) is 14.2. The maximum absolute atomic E-state index is 13.8. The minimum absolute atomic E-state index is 0.301. The number of ether oxygens (including phenoxy) is 1. The summed E-state index contributed by atoms with van der Waals surface area (Å²) in [6, 6.07) is 14.7. The van der Waals surface area contributed by atoms with E-state index >= 15 is 0 Å². The van der Waals surface area contributed by atoms with Gasteiger partial charge in [-0.15, -0.1) is 0 Å². The third-order valence-electron chi connectivity index (χ3n) is 7.12. The molecule has 15 heteroatoms. The summed E-state index contributed by atoms with van der Waals surface area (Å²) in [7, 11) is 1.61. The smallest absolute Gasteiger partial charge is 0.383 e. The highest BCUT2D eigenvalue weighted by Crippen LogP contribution is 2.39. The number of methoxy groups -OCH3 is 1. The number of nitrogens with zero attached hydrogens (tertiary/aromatic N) is 3. The number of rotatable bonds is 10.